The van der Waals surface area contributed by atoms with Crippen molar-refractivity contribution >= 4 is 17.5 Å². The molecule has 37 heavy (non-hydrogen) atoms. The second-order valence-electron chi connectivity index (χ2n) is 8.74. The summed E-state index contributed by atoms with van der Waals surface area (Å²) in [6.07, 6.45) is 3.35. The second kappa shape index (κ2) is 10.3. The number of hydrogen-bond acceptors (Lipinski definition) is 3. The molecule has 0 aliphatic rings. The Morgan fingerprint density at radius 2 is 1.38 bits per heavy atom. The number of carbonyl (C=O) groups is 1. The van der Waals surface area contributed by atoms with E-state index in [-0.39, 0.29) is 11.5 Å². The van der Waals surface area contributed by atoms with Gasteiger partial charge in [0.15, 0.2) is 5.78 Å². The lowest BCUT2D eigenvalue weighted by Gasteiger charge is -2.15. The Balaban J connectivity index is 1.67. The zero-order valence-corrected chi connectivity index (χ0v) is 20.2. The number of carbonyl (C=O) groups excluding carboxylic acids is 1. The first kappa shape index (κ1) is 23.7. The second-order valence-corrected chi connectivity index (χ2v) is 8.74. The van der Waals surface area contributed by atoms with E-state index in [4.69, 9.17) is 0 Å². The molecular formula is C32H24N2O3. The van der Waals surface area contributed by atoms with Crippen LogP contribution in [0.5, 0.6) is 0 Å². The molecule has 180 valence electrons. The van der Waals surface area contributed by atoms with Crippen molar-refractivity contribution < 1.29 is 9.72 Å². The first-order chi connectivity index (χ1) is 18.0. The predicted octanol–water partition coefficient (Wildman–Crippen LogP) is 7.92. The summed E-state index contributed by atoms with van der Waals surface area (Å²) in [6, 6.07) is 36.4. The minimum Gasteiger partial charge on any atom is -0.309 e. The molecule has 1 heterocycles. The Kier molecular flexibility index (Phi) is 6.60. The molecule has 0 amide bonds. The Labute approximate surface area is 215 Å². The van der Waals surface area contributed by atoms with Crippen LogP contribution in [0, 0.1) is 17.0 Å². The lowest BCUT2D eigenvalue weighted by Crippen LogP contribution is -2.00. The first-order valence-corrected chi connectivity index (χ1v) is 11.9. The molecule has 0 saturated carbocycles. The van der Waals surface area contributed by atoms with Gasteiger partial charge in [-0.1, -0.05) is 78.4 Å². The molecule has 4 aromatic carbocycles. The van der Waals surface area contributed by atoms with Crippen molar-refractivity contribution in [3.63, 3.8) is 0 Å². The van der Waals surface area contributed by atoms with E-state index in [0.717, 1.165) is 33.8 Å². The van der Waals surface area contributed by atoms with Gasteiger partial charge in [0.1, 0.15) is 0 Å². The molecular weight excluding hydrogens is 460 g/mol. The summed E-state index contributed by atoms with van der Waals surface area (Å²) in [4.78, 5) is 23.4. The van der Waals surface area contributed by atoms with Crippen molar-refractivity contribution in [1.82, 2.24) is 4.57 Å². The maximum Gasteiger partial charge on any atom is 0.269 e. The third kappa shape index (κ3) is 5.02. The minimum absolute atomic E-state index is 0.0467. The molecule has 0 spiro atoms. The van der Waals surface area contributed by atoms with Crippen molar-refractivity contribution in [2.24, 2.45) is 0 Å². The topological polar surface area (TPSA) is 65.1 Å². The van der Waals surface area contributed by atoms with Gasteiger partial charge in [0.05, 0.1) is 16.3 Å². The van der Waals surface area contributed by atoms with E-state index in [0.29, 0.717) is 5.56 Å². The van der Waals surface area contributed by atoms with Crippen molar-refractivity contribution in [3.8, 4) is 28.2 Å². The van der Waals surface area contributed by atoms with Gasteiger partial charge in [-0.2, -0.15) is 0 Å². The lowest BCUT2D eigenvalue weighted by molar-refractivity contribution is -0.384. The molecule has 1 aromatic heterocycles. The average Bonchev–Trinajstić information content (AvgIpc) is 3.32. The number of ketones is 1. The minimum atomic E-state index is -0.477. The summed E-state index contributed by atoms with van der Waals surface area (Å²) in [5, 5.41) is 11.0. The van der Waals surface area contributed by atoms with Gasteiger partial charge in [-0.15, -0.1) is 0 Å². The van der Waals surface area contributed by atoms with E-state index in [9.17, 15) is 14.9 Å². The van der Waals surface area contributed by atoms with E-state index in [1.807, 2.05) is 42.5 Å². The van der Waals surface area contributed by atoms with Crippen molar-refractivity contribution in [1.29, 1.82) is 0 Å². The van der Waals surface area contributed by atoms with E-state index < -0.39 is 4.92 Å². The molecule has 0 aliphatic carbocycles. The van der Waals surface area contributed by atoms with Crippen LogP contribution in [-0.4, -0.2) is 15.3 Å². The molecule has 0 unspecified atom stereocenters. The third-order valence-electron chi connectivity index (χ3n) is 6.22. The summed E-state index contributed by atoms with van der Waals surface area (Å²) in [5.74, 6) is -0.224. The van der Waals surface area contributed by atoms with E-state index >= 15 is 0 Å². The van der Waals surface area contributed by atoms with Gasteiger partial charge in [-0.3, -0.25) is 14.9 Å². The predicted molar refractivity (Wildman–Crippen MR) is 148 cm³/mol. The lowest BCUT2D eigenvalue weighted by atomic mass is 10.0. The highest BCUT2D eigenvalue weighted by Gasteiger charge is 2.18. The fourth-order valence-corrected chi connectivity index (χ4v) is 4.34. The van der Waals surface area contributed by atoms with E-state index in [1.165, 1.54) is 35.9 Å². The van der Waals surface area contributed by atoms with Crippen molar-refractivity contribution in [2.75, 3.05) is 0 Å². The molecule has 0 bridgehead atoms. The number of aromatic nitrogens is 1. The number of benzene rings is 4. The van der Waals surface area contributed by atoms with Gasteiger partial charge in [0, 0.05) is 28.9 Å². The molecule has 5 aromatic rings. The number of non-ortho nitro benzene ring substituents is 1. The molecule has 5 rings (SSSR count). The number of nitrogens with zero attached hydrogens (tertiary/aromatic N) is 2. The molecule has 0 aliphatic heterocycles. The Hall–Kier alpha value is -5.03. The van der Waals surface area contributed by atoms with Gasteiger partial charge in [0.2, 0.25) is 0 Å². The van der Waals surface area contributed by atoms with Crippen LogP contribution in [0.4, 0.5) is 5.69 Å². The zero-order chi connectivity index (χ0) is 25.8. The highest BCUT2D eigenvalue weighted by molar-refractivity contribution is 6.07. The summed E-state index contributed by atoms with van der Waals surface area (Å²) in [7, 11) is 0. The Bertz CT molecular complexity index is 1580. The van der Waals surface area contributed by atoms with Crippen LogP contribution in [-0.2, 0) is 0 Å². The first-order valence-electron chi connectivity index (χ1n) is 11.9. The summed E-state index contributed by atoms with van der Waals surface area (Å²) >= 11 is 0. The van der Waals surface area contributed by atoms with Crippen LogP contribution in [0.2, 0.25) is 0 Å². The normalized spacial score (nSPS) is 11.1. The van der Waals surface area contributed by atoms with Gasteiger partial charge < -0.3 is 4.57 Å². The molecule has 0 atom stereocenters. The van der Waals surface area contributed by atoms with Crippen LogP contribution in [0.3, 0.4) is 0 Å². The maximum absolute atomic E-state index is 13.0. The summed E-state index contributed by atoms with van der Waals surface area (Å²) in [5.41, 5.74) is 7.48. The highest BCUT2D eigenvalue weighted by Crippen LogP contribution is 2.37. The largest absolute Gasteiger partial charge is 0.309 e. The summed E-state index contributed by atoms with van der Waals surface area (Å²) in [6.45, 7) is 2.06. The van der Waals surface area contributed by atoms with E-state index in [2.05, 4.69) is 66.1 Å². The molecule has 0 N–H and O–H groups in total. The molecule has 5 nitrogen and oxygen atoms in total. The standard InChI is InChI=1S/C32H24N2O3/c1-23-12-17-28(18-13-23)33-30(24-8-4-2-5-9-24)22-27(32(33)26-10-6-3-7-11-26)16-21-31(35)25-14-19-29(20-15-25)34(36)37/h2-22H,1H3/b21-16+. The number of allylic oxidation sites excluding steroid dienone is 1. The van der Waals surface area contributed by atoms with Crippen LogP contribution < -0.4 is 0 Å². The fraction of sp³-hybridized carbons (Fsp3) is 0.0312. The van der Waals surface area contributed by atoms with Gasteiger partial charge in [0.25, 0.3) is 5.69 Å². The van der Waals surface area contributed by atoms with Crippen molar-refractivity contribution in [2.45, 2.75) is 6.92 Å². The summed E-state index contributed by atoms with van der Waals surface area (Å²) < 4.78 is 2.22. The number of hydrogen-bond donors (Lipinski definition) is 0. The monoisotopic (exact) mass is 484 g/mol. The number of nitro benzene ring substituents is 1. The van der Waals surface area contributed by atoms with Gasteiger partial charge in [-0.25, -0.2) is 0 Å². The quantitative estimate of drug-likeness (QED) is 0.102. The third-order valence-corrected chi connectivity index (χ3v) is 6.22. The molecule has 5 heteroatoms. The van der Waals surface area contributed by atoms with Crippen LogP contribution in [0.25, 0.3) is 34.3 Å². The zero-order valence-electron chi connectivity index (χ0n) is 20.2. The number of aryl methyl sites for hydroxylation is 1. The SMILES string of the molecule is Cc1ccc(-n2c(-c3ccccc3)cc(/C=C/C(=O)c3ccc([N+](=O)[O-])cc3)c2-c2ccccc2)cc1. The Morgan fingerprint density at radius 1 is 0.784 bits per heavy atom. The van der Waals surface area contributed by atoms with Gasteiger partial charge >= 0.3 is 0 Å². The van der Waals surface area contributed by atoms with Crippen LogP contribution in [0.1, 0.15) is 21.5 Å². The van der Waals surface area contributed by atoms with Crippen LogP contribution >= 0.6 is 0 Å². The Morgan fingerprint density at radius 3 is 1.97 bits per heavy atom. The average molecular weight is 485 g/mol. The highest BCUT2D eigenvalue weighted by atomic mass is 16.6. The van der Waals surface area contributed by atoms with Crippen LogP contribution in [0.15, 0.2) is 121 Å². The molecule has 0 saturated heterocycles. The number of nitro groups is 1. The van der Waals surface area contributed by atoms with E-state index in [1.54, 1.807) is 0 Å². The van der Waals surface area contributed by atoms with Gasteiger partial charge in [-0.05, 0) is 60.5 Å². The maximum atomic E-state index is 13.0. The molecule has 0 fully saturated rings. The fourth-order valence-electron chi connectivity index (χ4n) is 4.34. The smallest absolute Gasteiger partial charge is 0.269 e. The van der Waals surface area contributed by atoms with Crippen molar-refractivity contribution in [3.05, 3.63) is 148 Å². The molecule has 0 radical (unpaired) electrons. The number of rotatable bonds is 7.